The number of carbonyl (C=O) groups excluding carboxylic acids is 1. The van der Waals surface area contributed by atoms with Crippen molar-refractivity contribution in [3.8, 4) is 0 Å². The number of benzene rings is 2. The molecule has 0 saturated carbocycles. The van der Waals surface area contributed by atoms with E-state index in [9.17, 15) is 9.59 Å². The first-order chi connectivity index (χ1) is 9.49. The number of carboxylic acids is 1. The van der Waals surface area contributed by atoms with Crippen molar-refractivity contribution in [2.45, 2.75) is 6.92 Å². The third-order valence-electron chi connectivity index (χ3n) is 2.83. The summed E-state index contributed by atoms with van der Waals surface area (Å²) in [5.41, 5.74) is 1.49. The minimum absolute atomic E-state index is 0.0387. The summed E-state index contributed by atoms with van der Waals surface area (Å²) in [5.74, 6) is -1.62. The first-order valence-electron chi connectivity index (χ1n) is 5.89. The van der Waals surface area contributed by atoms with Crippen LogP contribution in [0, 0.1) is 6.92 Å². The topological polar surface area (TPSA) is 66.4 Å². The maximum atomic E-state index is 12.1. The molecule has 2 N–H and O–H groups in total. The Labute approximate surface area is 121 Å². The molecule has 0 saturated heterocycles. The number of aromatic carboxylic acids is 1. The molecule has 0 aliphatic rings. The lowest BCUT2D eigenvalue weighted by atomic mass is 10.1. The molecule has 0 aliphatic heterocycles. The largest absolute Gasteiger partial charge is 0.478 e. The third kappa shape index (κ3) is 2.97. The molecule has 0 bridgehead atoms. The van der Waals surface area contributed by atoms with Gasteiger partial charge in [0, 0.05) is 10.7 Å². The van der Waals surface area contributed by atoms with E-state index in [1.165, 1.54) is 12.1 Å². The van der Waals surface area contributed by atoms with Crippen LogP contribution in [0.25, 0.3) is 0 Å². The molecule has 2 rings (SSSR count). The Morgan fingerprint density at radius 3 is 2.35 bits per heavy atom. The van der Waals surface area contributed by atoms with E-state index >= 15 is 0 Å². The molecule has 0 radical (unpaired) electrons. The molecule has 2 aromatic rings. The van der Waals surface area contributed by atoms with Crippen molar-refractivity contribution in [1.29, 1.82) is 0 Å². The molecule has 0 heterocycles. The van der Waals surface area contributed by atoms with Gasteiger partial charge in [0.25, 0.3) is 5.91 Å². The predicted octanol–water partition coefficient (Wildman–Crippen LogP) is 3.60. The molecule has 0 aromatic heterocycles. The van der Waals surface area contributed by atoms with E-state index in [2.05, 4.69) is 5.32 Å². The Hall–Kier alpha value is -2.33. The molecule has 0 unspecified atom stereocenters. The van der Waals surface area contributed by atoms with Gasteiger partial charge in [-0.3, -0.25) is 4.79 Å². The van der Waals surface area contributed by atoms with Crippen LogP contribution in [0.3, 0.4) is 0 Å². The van der Waals surface area contributed by atoms with E-state index in [1.54, 1.807) is 30.3 Å². The standard InChI is InChI=1S/C15H12ClNO3/c1-9-6-7-10(8-13(9)16)17-14(18)11-4-2-3-5-12(11)15(19)20/h2-8H,1H3,(H,17,18)(H,19,20). The van der Waals surface area contributed by atoms with Crippen LogP contribution in [0.15, 0.2) is 42.5 Å². The van der Waals surface area contributed by atoms with Gasteiger partial charge in [-0.25, -0.2) is 4.79 Å². The summed E-state index contributed by atoms with van der Waals surface area (Å²) in [4.78, 5) is 23.2. The van der Waals surface area contributed by atoms with E-state index in [-0.39, 0.29) is 11.1 Å². The van der Waals surface area contributed by atoms with Crippen molar-refractivity contribution in [2.24, 2.45) is 0 Å². The maximum Gasteiger partial charge on any atom is 0.336 e. The number of carboxylic acid groups (broad SMARTS) is 1. The van der Waals surface area contributed by atoms with Gasteiger partial charge in [-0.1, -0.05) is 29.8 Å². The van der Waals surface area contributed by atoms with E-state index in [1.807, 2.05) is 6.92 Å². The molecule has 0 aliphatic carbocycles. The molecule has 102 valence electrons. The van der Waals surface area contributed by atoms with Gasteiger partial charge in [0.1, 0.15) is 0 Å². The quantitative estimate of drug-likeness (QED) is 0.907. The van der Waals surface area contributed by atoms with Gasteiger partial charge in [-0.15, -0.1) is 0 Å². The molecule has 2 aromatic carbocycles. The zero-order valence-corrected chi connectivity index (χ0v) is 11.4. The highest BCUT2D eigenvalue weighted by Crippen LogP contribution is 2.21. The monoisotopic (exact) mass is 289 g/mol. The fourth-order valence-corrected chi connectivity index (χ4v) is 1.92. The second-order valence-electron chi connectivity index (χ2n) is 4.27. The van der Waals surface area contributed by atoms with Crippen molar-refractivity contribution in [2.75, 3.05) is 5.32 Å². The van der Waals surface area contributed by atoms with Gasteiger partial charge < -0.3 is 10.4 Å². The molecule has 0 atom stereocenters. The summed E-state index contributed by atoms with van der Waals surface area (Å²) in [7, 11) is 0. The lowest BCUT2D eigenvalue weighted by molar-refractivity contribution is 0.0692. The molecule has 5 heteroatoms. The Morgan fingerprint density at radius 1 is 1.10 bits per heavy atom. The number of carbonyl (C=O) groups is 2. The van der Waals surface area contributed by atoms with Gasteiger partial charge in [-0.2, -0.15) is 0 Å². The lowest BCUT2D eigenvalue weighted by Crippen LogP contribution is -2.16. The number of hydrogen-bond acceptors (Lipinski definition) is 2. The average Bonchev–Trinajstić information content (AvgIpc) is 2.43. The predicted molar refractivity (Wildman–Crippen MR) is 77.5 cm³/mol. The number of halogens is 1. The summed E-state index contributed by atoms with van der Waals surface area (Å²) in [6, 6.07) is 11.2. The van der Waals surface area contributed by atoms with Crippen molar-refractivity contribution in [3.63, 3.8) is 0 Å². The van der Waals surface area contributed by atoms with Crippen LogP contribution < -0.4 is 5.32 Å². The van der Waals surface area contributed by atoms with Crippen LogP contribution in [0.5, 0.6) is 0 Å². The van der Waals surface area contributed by atoms with Gasteiger partial charge in [0.15, 0.2) is 0 Å². The molecule has 0 fully saturated rings. The van der Waals surface area contributed by atoms with E-state index in [0.29, 0.717) is 10.7 Å². The molecule has 20 heavy (non-hydrogen) atoms. The van der Waals surface area contributed by atoms with Crippen molar-refractivity contribution in [3.05, 3.63) is 64.2 Å². The second-order valence-corrected chi connectivity index (χ2v) is 4.68. The number of hydrogen-bond donors (Lipinski definition) is 2. The summed E-state index contributed by atoms with van der Waals surface area (Å²) < 4.78 is 0. The minimum Gasteiger partial charge on any atom is -0.478 e. The number of anilines is 1. The van der Waals surface area contributed by atoms with E-state index in [4.69, 9.17) is 16.7 Å². The average molecular weight is 290 g/mol. The Kier molecular flexibility index (Phi) is 4.05. The Balaban J connectivity index is 2.28. The number of nitrogens with one attached hydrogen (secondary N) is 1. The van der Waals surface area contributed by atoms with Crippen LogP contribution in [0.2, 0.25) is 5.02 Å². The van der Waals surface area contributed by atoms with Crippen LogP contribution in [-0.4, -0.2) is 17.0 Å². The number of rotatable bonds is 3. The smallest absolute Gasteiger partial charge is 0.336 e. The highest BCUT2D eigenvalue weighted by Gasteiger charge is 2.15. The van der Waals surface area contributed by atoms with Gasteiger partial charge in [-0.05, 0) is 36.8 Å². The van der Waals surface area contributed by atoms with Crippen LogP contribution in [0.1, 0.15) is 26.3 Å². The fraction of sp³-hybridized carbons (Fsp3) is 0.0667. The number of aryl methyl sites for hydroxylation is 1. The second kappa shape index (κ2) is 5.75. The van der Waals surface area contributed by atoms with Gasteiger partial charge in [0.05, 0.1) is 11.1 Å². The van der Waals surface area contributed by atoms with E-state index < -0.39 is 11.9 Å². The Morgan fingerprint density at radius 2 is 1.75 bits per heavy atom. The zero-order chi connectivity index (χ0) is 14.7. The highest BCUT2D eigenvalue weighted by atomic mass is 35.5. The summed E-state index contributed by atoms with van der Waals surface area (Å²) in [6.45, 7) is 1.85. The molecular formula is C15H12ClNO3. The lowest BCUT2D eigenvalue weighted by Gasteiger charge is -2.08. The normalized spacial score (nSPS) is 10.1. The molecule has 4 nitrogen and oxygen atoms in total. The first-order valence-corrected chi connectivity index (χ1v) is 6.26. The third-order valence-corrected chi connectivity index (χ3v) is 3.24. The SMILES string of the molecule is Cc1ccc(NC(=O)c2ccccc2C(=O)O)cc1Cl. The highest BCUT2D eigenvalue weighted by molar-refractivity contribution is 6.31. The fourth-order valence-electron chi connectivity index (χ4n) is 1.74. The van der Waals surface area contributed by atoms with E-state index in [0.717, 1.165) is 5.56 Å². The van der Waals surface area contributed by atoms with Crippen LogP contribution in [0.4, 0.5) is 5.69 Å². The van der Waals surface area contributed by atoms with Gasteiger partial charge >= 0.3 is 5.97 Å². The molecule has 0 spiro atoms. The van der Waals surface area contributed by atoms with Crippen molar-refractivity contribution < 1.29 is 14.7 Å². The van der Waals surface area contributed by atoms with Crippen LogP contribution in [-0.2, 0) is 0 Å². The summed E-state index contributed by atoms with van der Waals surface area (Å²) in [6.07, 6.45) is 0. The number of amides is 1. The molecule has 1 amide bonds. The first kappa shape index (κ1) is 14.1. The Bertz CT molecular complexity index is 683. The van der Waals surface area contributed by atoms with Crippen LogP contribution >= 0.6 is 11.6 Å². The summed E-state index contributed by atoms with van der Waals surface area (Å²) >= 11 is 5.98. The molecular weight excluding hydrogens is 278 g/mol. The minimum atomic E-state index is -1.14. The summed E-state index contributed by atoms with van der Waals surface area (Å²) in [5, 5.41) is 12.2. The van der Waals surface area contributed by atoms with Gasteiger partial charge in [0.2, 0.25) is 0 Å². The van der Waals surface area contributed by atoms with Crippen molar-refractivity contribution >= 4 is 29.2 Å². The van der Waals surface area contributed by atoms with Crippen molar-refractivity contribution in [1.82, 2.24) is 0 Å². The zero-order valence-electron chi connectivity index (χ0n) is 10.7. The maximum absolute atomic E-state index is 12.1.